The van der Waals surface area contributed by atoms with Gasteiger partial charge in [-0.15, -0.1) is 11.3 Å². The first-order valence-electron chi connectivity index (χ1n) is 8.38. The van der Waals surface area contributed by atoms with Crippen LogP contribution in [0.3, 0.4) is 0 Å². The minimum absolute atomic E-state index is 0.180. The van der Waals surface area contributed by atoms with Crippen molar-refractivity contribution in [3.05, 3.63) is 45.6 Å². The number of aliphatic hydroxyl groups excluding tert-OH is 2. The summed E-state index contributed by atoms with van der Waals surface area (Å²) in [5.41, 5.74) is 8.44. The number of nitrogens with zero attached hydrogens (tertiary/aromatic N) is 3. The Balaban J connectivity index is 2.02. The Morgan fingerprint density at radius 1 is 1.35 bits per heavy atom. The molecule has 3 atom stereocenters. The minimum atomic E-state index is -1.13. The van der Waals surface area contributed by atoms with Gasteiger partial charge in [-0.1, -0.05) is 19.1 Å². The average Bonchev–Trinajstić information content (AvgIpc) is 3.15. The Morgan fingerprint density at radius 2 is 2.08 bits per heavy atom. The van der Waals surface area contributed by atoms with Crippen LogP contribution in [0.4, 0.5) is 0 Å². The van der Waals surface area contributed by atoms with Gasteiger partial charge in [0.25, 0.3) is 0 Å². The molecule has 2 heterocycles. The Bertz CT molecular complexity index is 901. The molecule has 26 heavy (non-hydrogen) atoms. The van der Waals surface area contributed by atoms with Crippen LogP contribution in [-0.2, 0) is 12.0 Å². The molecule has 0 aliphatic carbocycles. The normalized spacial score (nSPS) is 25.7. The summed E-state index contributed by atoms with van der Waals surface area (Å²) in [4.78, 5) is 6.58. The van der Waals surface area contributed by atoms with Crippen molar-refractivity contribution in [3.8, 4) is 17.2 Å². The summed E-state index contributed by atoms with van der Waals surface area (Å²) in [7, 11) is 1.59. The highest BCUT2D eigenvalue weighted by molar-refractivity contribution is 7.10. The fourth-order valence-corrected chi connectivity index (χ4v) is 4.20. The van der Waals surface area contributed by atoms with Crippen molar-refractivity contribution in [1.29, 1.82) is 5.26 Å². The average molecular weight is 370 g/mol. The second-order valence-corrected chi connectivity index (χ2v) is 7.54. The third kappa shape index (κ3) is 2.86. The van der Waals surface area contributed by atoms with Gasteiger partial charge in [0.05, 0.1) is 11.6 Å². The molecule has 2 unspecified atom stereocenters. The number of nitrogens with two attached hydrogens (primary N) is 1. The maximum absolute atomic E-state index is 10.6. The maximum atomic E-state index is 10.6. The molecule has 0 radical (unpaired) electrons. The summed E-state index contributed by atoms with van der Waals surface area (Å²) in [5.74, 6) is 0.180. The number of guanidine groups is 1. The zero-order valence-corrected chi connectivity index (χ0v) is 15.8. The van der Waals surface area contributed by atoms with Crippen molar-refractivity contribution in [2.24, 2.45) is 10.7 Å². The Hall–Kier alpha value is -2.40. The smallest absolute Gasteiger partial charge is 0.194 e. The fraction of sp³-hybridized carbons (Fsp3) is 0.368. The van der Waals surface area contributed by atoms with Crippen molar-refractivity contribution >= 4 is 17.3 Å². The number of benzene rings is 1. The zero-order chi connectivity index (χ0) is 19.1. The van der Waals surface area contributed by atoms with Crippen LogP contribution in [0.2, 0.25) is 0 Å². The number of hydrogen-bond donors (Lipinski definition) is 3. The first-order valence-corrected chi connectivity index (χ1v) is 9.26. The second kappa shape index (κ2) is 6.72. The maximum Gasteiger partial charge on any atom is 0.194 e. The molecule has 7 heteroatoms. The van der Waals surface area contributed by atoms with Gasteiger partial charge in [-0.3, -0.25) is 0 Å². The van der Waals surface area contributed by atoms with Gasteiger partial charge in [-0.2, -0.15) is 5.26 Å². The molecule has 1 aliphatic rings. The van der Waals surface area contributed by atoms with Crippen LogP contribution in [0.1, 0.15) is 29.9 Å². The van der Waals surface area contributed by atoms with Crippen LogP contribution in [0.15, 0.2) is 34.6 Å². The number of hydrogen-bond acceptors (Lipinski definition) is 7. The quantitative estimate of drug-likeness (QED) is 0.766. The molecule has 0 saturated carbocycles. The Kier molecular flexibility index (Phi) is 4.76. The van der Waals surface area contributed by atoms with Gasteiger partial charge in [-0.25, -0.2) is 4.99 Å². The molecule has 0 spiro atoms. The van der Waals surface area contributed by atoms with Crippen molar-refractivity contribution in [3.63, 3.8) is 0 Å². The highest BCUT2D eigenvalue weighted by Crippen LogP contribution is 2.40. The van der Waals surface area contributed by atoms with Crippen LogP contribution in [0.5, 0.6) is 0 Å². The molecule has 0 bridgehead atoms. The van der Waals surface area contributed by atoms with E-state index < -0.39 is 17.9 Å². The first kappa shape index (κ1) is 18.4. The lowest BCUT2D eigenvalue weighted by molar-refractivity contribution is -0.0873. The SMILES string of the molecule is CCc1ccc(-c2csc([C@@]3(C)N=C(N)N(C)C(O)C3O)c2)cc1C#N. The largest absolute Gasteiger partial charge is 0.385 e. The van der Waals surface area contributed by atoms with Gasteiger partial charge in [0.15, 0.2) is 12.2 Å². The molecule has 1 aromatic carbocycles. The highest BCUT2D eigenvalue weighted by atomic mass is 32.1. The molecule has 0 saturated heterocycles. The predicted octanol–water partition coefficient (Wildman–Crippen LogP) is 2.00. The van der Waals surface area contributed by atoms with Gasteiger partial charge in [0.1, 0.15) is 11.6 Å². The monoisotopic (exact) mass is 370 g/mol. The molecule has 136 valence electrons. The summed E-state index contributed by atoms with van der Waals surface area (Å²) in [6, 6.07) is 10.0. The number of nitriles is 1. The zero-order valence-electron chi connectivity index (χ0n) is 15.0. The van der Waals surface area contributed by atoms with E-state index in [4.69, 9.17) is 5.73 Å². The van der Waals surface area contributed by atoms with E-state index in [1.165, 1.54) is 16.2 Å². The number of aryl methyl sites for hydroxylation is 1. The summed E-state index contributed by atoms with van der Waals surface area (Å²) >= 11 is 1.45. The van der Waals surface area contributed by atoms with Gasteiger partial charge < -0.3 is 20.8 Å². The first-order chi connectivity index (χ1) is 12.3. The van der Waals surface area contributed by atoms with E-state index in [1.54, 1.807) is 14.0 Å². The highest BCUT2D eigenvalue weighted by Gasteiger charge is 2.46. The van der Waals surface area contributed by atoms with Crippen LogP contribution >= 0.6 is 11.3 Å². The van der Waals surface area contributed by atoms with Crippen molar-refractivity contribution in [2.45, 2.75) is 38.1 Å². The molecule has 2 aromatic rings. The molecule has 1 aromatic heterocycles. The molecule has 0 fully saturated rings. The number of thiophene rings is 1. The molecule has 3 rings (SSSR count). The number of likely N-dealkylation sites (N-methyl/N-ethyl adjacent to an activating group) is 1. The van der Waals surface area contributed by atoms with Crippen molar-refractivity contribution in [1.82, 2.24) is 4.90 Å². The van der Waals surface area contributed by atoms with E-state index in [-0.39, 0.29) is 5.96 Å². The van der Waals surface area contributed by atoms with E-state index in [2.05, 4.69) is 11.1 Å². The minimum Gasteiger partial charge on any atom is -0.385 e. The van der Waals surface area contributed by atoms with Crippen LogP contribution < -0.4 is 5.73 Å². The van der Waals surface area contributed by atoms with E-state index in [1.807, 2.05) is 36.6 Å². The van der Waals surface area contributed by atoms with Crippen LogP contribution in [0, 0.1) is 11.3 Å². The molecule has 1 aliphatic heterocycles. The number of rotatable bonds is 3. The third-order valence-corrected chi connectivity index (χ3v) is 6.16. The molecule has 6 nitrogen and oxygen atoms in total. The van der Waals surface area contributed by atoms with Crippen LogP contribution in [-0.4, -0.2) is 40.5 Å². The van der Waals surface area contributed by atoms with Gasteiger partial charge in [0.2, 0.25) is 0 Å². The Labute approximate surface area is 156 Å². The lowest BCUT2D eigenvalue weighted by atomic mass is 9.89. The standard InChI is InChI=1S/C19H22N4O2S/c1-4-11-5-6-12(7-13(11)9-20)14-8-15(26-10-14)19(2)16(24)17(25)23(3)18(21)22-19/h5-8,10,16-17,24-25H,4H2,1-3H3,(H2,21,22)/t16?,17?,19-/m1/s1. The number of aliphatic imine (C=N–C) groups is 1. The van der Waals surface area contributed by atoms with E-state index in [0.29, 0.717) is 5.56 Å². The van der Waals surface area contributed by atoms with E-state index >= 15 is 0 Å². The molecular formula is C19H22N4O2S. The molecular weight excluding hydrogens is 348 g/mol. The van der Waals surface area contributed by atoms with Crippen molar-refractivity contribution < 1.29 is 10.2 Å². The Morgan fingerprint density at radius 3 is 2.73 bits per heavy atom. The lowest BCUT2D eigenvalue weighted by Crippen LogP contribution is -2.59. The van der Waals surface area contributed by atoms with E-state index in [9.17, 15) is 15.5 Å². The van der Waals surface area contributed by atoms with Crippen molar-refractivity contribution in [2.75, 3.05) is 7.05 Å². The van der Waals surface area contributed by atoms with Gasteiger partial charge in [-0.05, 0) is 47.5 Å². The predicted molar refractivity (Wildman–Crippen MR) is 103 cm³/mol. The van der Waals surface area contributed by atoms with Crippen LogP contribution in [0.25, 0.3) is 11.1 Å². The van der Waals surface area contributed by atoms with Gasteiger partial charge >= 0.3 is 0 Å². The molecule has 0 amide bonds. The topological polar surface area (TPSA) is 106 Å². The number of aliphatic hydroxyl groups is 2. The van der Waals surface area contributed by atoms with E-state index in [0.717, 1.165) is 28.0 Å². The summed E-state index contributed by atoms with van der Waals surface area (Å²) < 4.78 is 0. The fourth-order valence-electron chi connectivity index (χ4n) is 3.14. The molecule has 4 N–H and O–H groups in total. The third-order valence-electron chi connectivity index (χ3n) is 5.01. The summed E-state index contributed by atoms with van der Waals surface area (Å²) in [5, 5.41) is 32.1. The lowest BCUT2D eigenvalue weighted by Gasteiger charge is -2.42. The van der Waals surface area contributed by atoms with Gasteiger partial charge in [0, 0.05) is 11.9 Å². The summed E-state index contributed by atoms with van der Waals surface area (Å²) in [6.45, 7) is 3.78. The second-order valence-electron chi connectivity index (χ2n) is 6.62. The summed E-state index contributed by atoms with van der Waals surface area (Å²) in [6.07, 6.45) is -1.43.